The fraction of sp³-hybridized carbons (Fsp3) is 0.647. The number of amides is 1. The average Bonchev–Trinajstić information content (AvgIpc) is 2.97. The Hall–Kier alpha value is -1.66. The van der Waals surface area contributed by atoms with Gasteiger partial charge < -0.3 is 20.3 Å². The molecule has 0 aliphatic carbocycles. The molecule has 2 fully saturated rings. The second-order valence-electron chi connectivity index (χ2n) is 6.79. The average molecular weight is 318 g/mol. The second-order valence-corrected chi connectivity index (χ2v) is 6.79. The van der Waals surface area contributed by atoms with Crippen LogP contribution >= 0.6 is 0 Å². The lowest BCUT2D eigenvalue weighted by atomic mass is 9.92. The van der Waals surface area contributed by atoms with E-state index in [0.717, 1.165) is 18.9 Å². The molecule has 0 aromatic carbocycles. The molecule has 6 heteroatoms. The van der Waals surface area contributed by atoms with Crippen LogP contribution in [0.3, 0.4) is 0 Å². The number of morpholine rings is 1. The van der Waals surface area contributed by atoms with E-state index in [0.29, 0.717) is 43.7 Å². The van der Waals surface area contributed by atoms with Crippen molar-refractivity contribution in [3.63, 3.8) is 0 Å². The third-order valence-corrected chi connectivity index (χ3v) is 4.89. The third kappa shape index (κ3) is 3.48. The maximum absolute atomic E-state index is 12.4. The summed E-state index contributed by atoms with van der Waals surface area (Å²) in [6.45, 7) is 8.71. The van der Waals surface area contributed by atoms with Crippen molar-refractivity contribution in [2.24, 2.45) is 17.6 Å². The predicted molar refractivity (Wildman–Crippen MR) is 89.5 cm³/mol. The fourth-order valence-corrected chi connectivity index (χ4v) is 3.40. The number of ether oxygens (including phenoxy) is 1. The van der Waals surface area contributed by atoms with Crippen molar-refractivity contribution in [1.29, 1.82) is 0 Å². The van der Waals surface area contributed by atoms with Gasteiger partial charge in [-0.1, -0.05) is 13.8 Å². The minimum absolute atomic E-state index is 0.0329. The van der Waals surface area contributed by atoms with Gasteiger partial charge in [-0.2, -0.15) is 0 Å². The van der Waals surface area contributed by atoms with Gasteiger partial charge in [0.2, 0.25) is 0 Å². The highest BCUT2D eigenvalue weighted by molar-refractivity contribution is 5.94. The summed E-state index contributed by atoms with van der Waals surface area (Å²) in [4.78, 5) is 21.0. The number of hydrogen-bond acceptors (Lipinski definition) is 5. The zero-order chi connectivity index (χ0) is 16.4. The van der Waals surface area contributed by atoms with Gasteiger partial charge in [-0.15, -0.1) is 0 Å². The quantitative estimate of drug-likeness (QED) is 0.899. The SMILES string of the molecule is CC(C)[C@@H]1CN(c2ccc(C(=O)N3CCOCC3)cn2)C[C@H]1N. The van der Waals surface area contributed by atoms with Gasteiger partial charge in [-0.3, -0.25) is 4.79 Å². The van der Waals surface area contributed by atoms with E-state index in [2.05, 4.69) is 23.7 Å². The van der Waals surface area contributed by atoms with Crippen molar-refractivity contribution >= 4 is 11.7 Å². The van der Waals surface area contributed by atoms with Crippen molar-refractivity contribution in [2.45, 2.75) is 19.9 Å². The molecule has 3 rings (SSSR count). The molecule has 2 aliphatic heterocycles. The second kappa shape index (κ2) is 6.84. The van der Waals surface area contributed by atoms with Crippen LogP contribution in [0.15, 0.2) is 18.3 Å². The first-order chi connectivity index (χ1) is 11.1. The molecule has 2 aliphatic rings. The monoisotopic (exact) mass is 318 g/mol. The lowest BCUT2D eigenvalue weighted by Gasteiger charge is -2.27. The van der Waals surface area contributed by atoms with Crippen LogP contribution in [-0.2, 0) is 4.74 Å². The highest BCUT2D eigenvalue weighted by Crippen LogP contribution is 2.26. The van der Waals surface area contributed by atoms with Crippen molar-refractivity contribution in [1.82, 2.24) is 9.88 Å². The van der Waals surface area contributed by atoms with Gasteiger partial charge in [-0.25, -0.2) is 4.98 Å². The van der Waals surface area contributed by atoms with Gasteiger partial charge >= 0.3 is 0 Å². The first-order valence-corrected chi connectivity index (χ1v) is 8.40. The number of hydrogen-bond donors (Lipinski definition) is 1. The largest absolute Gasteiger partial charge is 0.378 e. The molecule has 6 nitrogen and oxygen atoms in total. The van der Waals surface area contributed by atoms with E-state index in [9.17, 15) is 4.79 Å². The van der Waals surface area contributed by atoms with E-state index in [4.69, 9.17) is 10.5 Å². The molecule has 2 atom stereocenters. The standard InChI is InChI=1S/C17H26N4O2/c1-12(2)14-10-21(11-15(14)18)16-4-3-13(9-19-16)17(22)20-5-7-23-8-6-20/h3-4,9,12,14-15H,5-8,10-11,18H2,1-2H3/t14-,15+/m0/s1. The molecule has 1 amide bonds. The summed E-state index contributed by atoms with van der Waals surface area (Å²) in [6.07, 6.45) is 1.68. The molecule has 2 saturated heterocycles. The van der Waals surface area contributed by atoms with E-state index >= 15 is 0 Å². The van der Waals surface area contributed by atoms with E-state index in [-0.39, 0.29) is 11.9 Å². The molecular weight excluding hydrogens is 292 g/mol. The zero-order valence-electron chi connectivity index (χ0n) is 13.9. The molecule has 3 heterocycles. The topological polar surface area (TPSA) is 71.7 Å². The maximum Gasteiger partial charge on any atom is 0.255 e. The first-order valence-electron chi connectivity index (χ1n) is 8.40. The van der Waals surface area contributed by atoms with Gasteiger partial charge in [-0.05, 0) is 24.0 Å². The Balaban J connectivity index is 1.66. The van der Waals surface area contributed by atoms with Crippen LogP contribution in [0.5, 0.6) is 0 Å². The van der Waals surface area contributed by atoms with Crippen LogP contribution in [0.1, 0.15) is 24.2 Å². The Labute approximate surface area is 137 Å². The van der Waals surface area contributed by atoms with E-state index in [1.165, 1.54) is 0 Å². The summed E-state index contributed by atoms with van der Waals surface area (Å²) in [5.41, 5.74) is 6.88. The van der Waals surface area contributed by atoms with E-state index in [1.807, 2.05) is 17.0 Å². The number of anilines is 1. The minimum atomic E-state index is 0.0329. The maximum atomic E-state index is 12.4. The van der Waals surface area contributed by atoms with Crippen molar-refractivity contribution in [3.05, 3.63) is 23.9 Å². The molecule has 0 spiro atoms. The Morgan fingerprint density at radius 3 is 2.61 bits per heavy atom. The van der Waals surface area contributed by atoms with Crippen molar-refractivity contribution in [3.8, 4) is 0 Å². The van der Waals surface area contributed by atoms with Crippen molar-refractivity contribution < 1.29 is 9.53 Å². The molecule has 1 aromatic rings. The van der Waals surface area contributed by atoms with Crippen LogP contribution in [0.4, 0.5) is 5.82 Å². The highest BCUT2D eigenvalue weighted by Gasteiger charge is 2.32. The summed E-state index contributed by atoms with van der Waals surface area (Å²) in [5.74, 6) is 2.00. The molecule has 0 bridgehead atoms. The molecule has 126 valence electrons. The molecule has 23 heavy (non-hydrogen) atoms. The van der Waals surface area contributed by atoms with Crippen LogP contribution < -0.4 is 10.6 Å². The van der Waals surface area contributed by atoms with Crippen LogP contribution in [0.25, 0.3) is 0 Å². The van der Waals surface area contributed by atoms with Gasteiger partial charge in [0.15, 0.2) is 0 Å². The Morgan fingerprint density at radius 1 is 1.30 bits per heavy atom. The number of carbonyl (C=O) groups excluding carboxylic acids is 1. The Bertz CT molecular complexity index is 540. The number of aromatic nitrogens is 1. The molecule has 0 radical (unpaired) electrons. The summed E-state index contributed by atoms with van der Waals surface area (Å²) in [7, 11) is 0. The number of nitrogens with zero attached hydrogens (tertiary/aromatic N) is 3. The predicted octanol–water partition coefficient (Wildman–Crippen LogP) is 0.974. The summed E-state index contributed by atoms with van der Waals surface area (Å²) in [6, 6.07) is 3.99. The first kappa shape index (κ1) is 16.2. The zero-order valence-corrected chi connectivity index (χ0v) is 13.9. The molecule has 0 unspecified atom stereocenters. The number of rotatable bonds is 3. The smallest absolute Gasteiger partial charge is 0.255 e. The minimum Gasteiger partial charge on any atom is -0.378 e. The van der Waals surface area contributed by atoms with Gasteiger partial charge in [0, 0.05) is 38.4 Å². The number of carbonyl (C=O) groups is 1. The normalized spacial score (nSPS) is 25.2. The van der Waals surface area contributed by atoms with Gasteiger partial charge in [0.25, 0.3) is 5.91 Å². The number of nitrogens with two attached hydrogens (primary N) is 1. The molecule has 0 saturated carbocycles. The van der Waals surface area contributed by atoms with Crippen molar-refractivity contribution in [2.75, 3.05) is 44.3 Å². The summed E-state index contributed by atoms with van der Waals surface area (Å²) < 4.78 is 5.28. The summed E-state index contributed by atoms with van der Waals surface area (Å²) in [5, 5.41) is 0. The lowest BCUT2D eigenvalue weighted by molar-refractivity contribution is 0.0302. The van der Waals surface area contributed by atoms with Gasteiger partial charge in [0.1, 0.15) is 5.82 Å². The molecular formula is C17H26N4O2. The molecule has 1 aromatic heterocycles. The highest BCUT2D eigenvalue weighted by atomic mass is 16.5. The number of pyridine rings is 1. The lowest BCUT2D eigenvalue weighted by Crippen LogP contribution is -2.40. The van der Waals surface area contributed by atoms with Gasteiger partial charge in [0.05, 0.1) is 18.8 Å². The Kier molecular flexibility index (Phi) is 4.82. The van der Waals surface area contributed by atoms with E-state index < -0.39 is 0 Å². The third-order valence-electron chi connectivity index (χ3n) is 4.89. The Morgan fingerprint density at radius 2 is 2.04 bits per heavy atom. The van der Waals surface area contributed by atoms with E-state index in [1.54, 1.807) is 6.20 Å². The van der Waals surface area contributed by atoms with Crippen LogP contribution in [-0.4, -0.2) is 61.2 Å². The summed E-state index contributed by atoms with van der Waals surface area (Å²) >= 11 is 0. The fourth-order valence-electron chi connectivity index (χ4n) is 3.40. The van der Waals surface area contributed by atoms with Crippen LogP contribution in [0.2, 0.25) is 0 Å². The van der Waals surface area contributed by atoms with Crippen LogP contribution in [0, 0.1) is 11.8 Å². The molecule has 2 N–H and O–H groups in total.